The normalized spacial score (nSPS) is 16.2. The number of carbonyl (C=O) groups excluding carboxylic acids is 1. The van der Waals surface area contributed by atoms with Crippen LogP contribution in [-0.4, -0.2) is 52.9 Å². The molecule has 0 saturated carbocycles. The van der Waals surface area contributed by atoms with Crippen molar-refractivity contribution in [2.45, 2.75) is 36.0 Å². The van der Waals surface area contributed by atoms with Crippen LogP contribution in [0.2, 0.25) is 0 Å². The first-order valence-corrected chi connectivity index (χ1v) is 9.17. The molecule has 1 aliphatic rings. The zero-order valence-corrected chi connectivity index (χ0v) is 17.5. The molecule has 1 aromatic rings. The van der Waals surface area contributed by atoms with Gasteiger partial charge >= 0.3 is 41.9 Å². The number of hydrogen-bond donors (Lipinski definition) is 0. The van der Waals surface area contributed by atoms with Gasteiger partial charge in [0.15, 0.2) is 0 Å². The predicted octanol–water partition coefficient (Wildman–Crippen LogP) is 3.37. The Morgan fingerprint density at radius 2 is 1.16 bits per heavy atom. The summed E-state index contributed by atoms with van der Waals surface area (Å²) < 4.78 is 178. The summed E-state index contributed by atoms with van der Waals surface area (Å²) in [6.07, 6.45) is -9.12. The standard InChI is InChI=1S/C18H8F14N4O2/c19-13(20,15(23,24)17(27,28)29)11(37)33-35-5-1-9(2-6-35)10-3-7-36(8-4-10)34-12(38)14(21,22)16(25,26)18(30,31)32/h1-8H. The van der Waals surface area contributed by atoms with Crippen LogP contribution < -0.4 is 14.7 Å². The van der Waals surface area contributed by atoms with E-state index in [0.717, 1.165) is 24.3 Å². The molecule has 210 valence electrons. The van der Waals surface area contributed by atoms with E-state index >= 15 is 0 Å². The second-order valence-corrected chi connectivity index (χ2v) is 7.04. The molecule has 6 nitrogen and oxygen atoms in total. The third-order valence-corrected chi connectivity index (χ3v) is 4.41. The van der Waals surface area contributed by atoms with Gasteiger partial charge in [0.2, 0.25) is 12.4 Å². The lowest BCUT2D eigenvalue weighted by atomic mass is 10.1. The topological polar surface area (TPSA) is 74.0 Å². The maximum absolute atomic E-state index is 13.3. The van der Waals surface area contributed by atoms with Gasteiger partial charge in [0.05, 0.1) is 11.0 Å². The van der Waals surface area contributed by atoms with Crippen molar-refractivity contribution in [2.24, 2.45) is 10.2 Å². The van der Waals surface area contributed by atoms with Crippen LogP contribution in [0, 0.1) is 0 Å². The monoisotopic (exact) mass is 578 g/mol. The number of hydrogen-bond acceptors (Lipinski definition) is 4. The molecule has 2 heterocycles. The molecule has 0 unspecified atom stereocenters. The van der Waals surface area contributed by atoms with Crippen LogP contribution in [0.25, 0.3) is 5.57 Å². The van der Waals surface area contributed by atoms with E-state index in [4.69, 9.17) is 0 Å². The summed E-state index contributed by atoms with van der Waals surface area (Å²) in [4.78, 5) is 11.3. The highest BCUT2D eigenvalue weighted by Crippen LogP contribution is 2.47. The molecule has 0 aliphatic carbocycles. The van der Waals surface area contributed by atoms with Crippen molar-refractivity contribution in [1.82, 2.24) is 5.01 Å². The molecule has 2 rings (SSSR count). The zero-order valence-electron chi connectivity index (χ0n) is 17.5. The Bertz CT molecular complexity index is 1260. The quantitative estimate of drug-likeness (QED) is 0.233. The van der Waals surface area contributed by atoms with Gasteiger partial charge in [-0.25, -0.2) is 5.01 Å². The molecule has 0 radical (unpaired) electrons. The Labute approximate surface area is 199 Å². The largest absolute Gasteiger partial charge is 0.856 e. The second-order valence-electron chi connectivity index (χ2n) is 7.04. The minimum atomic E-state index is -6.77. The van der Waals surface area contributed by atoms with Crippen molar-refractivity contribution in [2.75, 3.05) is 0 Å². The number of rotatable bonds is 5. The highest BCUT2D eigenvalue weighted by molar-refractivity contribution is 5.84. The maximum Gasteiger partial charge on any atom is 0.460 e. The van der Waals surface area contributed by atoms with E-state index in [9.17, 15) is 71.4 Å². The van der Waals surface area contributed by atoms with E-state index in [1.807, 2.05) is 0 Å². The van der Waals surface area contributed by atoms with E-state index < -0.39 is 47.8 Å². The molecule has 0 aromatic carbocycles. The molecule has 0 fully saturated rings. The zero-order chi connectivity index (χ0) is 29.5. The van der Waals surface area contributed by atoms with Crippen LogP contribution in [-0.2, 0) is 4.79 Å². The minimum Gasteiger partial charge on any atom is -0.856 e. The number of halogens is 14. The van der Waals surface area contributed by atoms with E-state index in [0.29, 0.717) is 24.8 Å². The van der Waals surface area contributed by atoms with E-state index in [1.54, 1.807) is 0 Å². The summed E-state index contributed by atoms with van der Waals surface area (Å²) in [6, 6.07) is 1.85. The first-order chi connectivity index (χ1) is 17.0. The first-order valence-electron chi connectivity index (χ1n) is 9.17. The Morgan fingerprint density at radius 3 is 1.58 bits per heavy atom. The third-order valence-electron chi connectivity index (χ3n) is 4.41. The SMILES string of the molecule is O=C(N=[n+]1ccc(=C2C=CN(/N=C(\[O-])C(F)(F)C(F)(F)C(F)(F)F)C=C2)cc1)C(F)(F)C(F)(F)C(F)(F)F. The molecule has 0 saturated heterocycles. The number of amides is 1. The highest BCUT2D eigenvalue weighted by atomic mass is 19.4. The Balaban J connectivity index is 2.30. The summed E-state index contributed by atoms with van der Waals surface area (Å²) in [5.41, 5.74) is 0.0451. The Kier molecular flexibility index (Phi) is 7.65. The van der Waals surface area contributed by atoms with Crippen molar-refractivity contribution < 1.29 is 75.7 Å². The average molecular weight is 578 g/mol. The Hall–Kier alpha value is -3.74. The first kappa shape index (κ1) is 30.5. The molecule has 0 atom stereocenters. The summed E-state index contributed by atoms with van der Waals surface area (Å²) >= 11 is 0. The number of nitrogens with zero attached hydrogens (tertiary/aromatic N) is 4. The molecular weight excluding hydrogens is 570 g/mol. The summed E-state index contributed by atoms with van der Waals surface area (Å²) in [7, 11) is 0. The number of alkyl halides is 14. The fraction of sp³-hybridized carbons (Fsp3) is 0.333. The molecule has 0 spiro atoms. The van der Waals surface area contributed by atoms with Crippen LogP contribution in [0.4, 0.5) is 61.5 Å². The predicted molar refractivity (Wildman–Crippen MR) is 92.0 cm³/mol. The number of pyridine rings is 1. The van der Waals surface area contributed by atoms with Gasteiger partial charge in [-0.05, 0) is 22.9 Å². The van der Waals surface area contributed by atoms with Crippen LogP contribution in [0.3, 0.4) is 0 Å². The number of allylic oxidation sites excluding steroid dienone is 2. The third kappa shape index (κ3) is 5.42. The van der Waals surface area contributed by atoms with Gasteiger partial charge in [-0.2, -0.15) is 66.6 Å². The second kappa shape index (κ2) is 9.53. The van der Waals surface area contributed by atoms with Crippen LogP contribution >= 0.6 is 0 Å². The molecule has 1 aliphatic heterocycles. The van der Waals surface area contributed by atoms with E-state index in [-0.39, 0.29) is 20.2 Å². The molecule has 20 heteroatoms. The van der Waals surface area contributed by atoms with Crippen LogP contribution in [0.5, 0.6) is 0 Å². The number of aromatic nitrogens is 1. The lowest BCUT2D eigenvalue weighted by Gasteiger charge is -2.32. The van der Waals surface area contributed by atoms with Crippen molar-refractivity contribution in [3.63, 3.8) is 0 Å². The van der Waals surface area contributed by atoms with Gasteiger partial charge < -0.3 is 5.11 Å². The van der Waals surface area contributed by atoms with Crippen molar-refractivity contribution in [3.8, 4) is 0 Å². The minimum absolute atomic E-state index is 0.0451. The number of carbonyl (C=O) groups is 1. The molecule has 1 amide bonds. The molecular formula is C18H8F14N4O2. The number of hydrazone groups is 1. The lowest BCUT2D eigenvalue weighted by molar-refractivity contribution is -0.544. The average Bonchev–Trinajstić information content (AvgIpc) is 2.78. The maximum atomic E-state index is 13.3. The van der Waals surface area contributed by atoms with E-state index in [1.165, 1.54) is 0 Å². The van der Waals surface area contributed by atoms with Gasteiger partial charge in [-0.3, -0.25) is 4.79 Å². The Morgan fingerprint density at radius 1 is 0.737 bits per heavy atom. The fourth-order valence-electron chi connectivity index (χ4n) is 2.32. The van der Waals surface area contributed by atoms with E-state index in [2.05, 4.69) is 10.2 Å². The molecule has 0 bridgehead atoms. The van der Waals surface area contributed by atoms with Gasteiger partial charge in [-0.15, -0.1) is 0 Å². The van der Waals surface area contributed by atoms with Gasteiger partial charge in [0.25, 0.3) is 0 Å². The van der Waals surface area contributed by atoms with Crippen molar-refractivity contribution in [3.05, 3.63) is 54.3 Å². The summed E-state index contributed by atoms with van der Waals surface area (Å²) in [6.45, 7) is 0. The summed E-state index contributed by atoms with van der Waals surface area (Å²) in [5.74, 6) is -32.3. The lowest BCUT2D eigenvalue weighted by Crippen LogP contribution is -2.59. The smallest absolute Gasteiger partial charge is 0.460 e. The van der Waals surface area contributed by atoms with Gasteiger partial charge in [-0.1, -0.05) is 4.36 Å². The fourth-order valence-corrected chi connectivity index (χ4v) is 2.32. The molecule has 1 aromatic heterocycles. The molecule has 38 heavy (non-hydrogen) atoms. The molecule has 0 N–H and O–H groups in total. The van der Waals surface area contributed by atoms with Crippen LogP contribution in [0.15, 0.2) is 59.3 Å². The van der Waals surface area contributed by atoms with Crippen LogP contribution in [0.1, 0.15) is 0 Å². The summed E-state index contributed by atoms with van der Waals surface area (Å²) in [5, 5.41) is 16.3. The highest BCUT2D eigenvalue weighted by Gasteiger charge is 2.77. The van der Waals surface area contributed by atoms with Crippen molar-refractivity contribution >= 4 is 17.4 Å². The van der Waals surface area contributed by atoms with Gasteiger partial charge in [0.1, 0.15) is 0 Å². The van der Waals surface area contributed by atoms with Gasteiger partial charge in [0, 0.05) is 24.5 Å². The van der Waals surface area contributed by atoms with Crippen molar-refractivity contribution in [1.29, 1.82) is 0 Å².